The molecule has 100 valence electrons. The molecule has 0 radical (unpaired) electrons. The Labute approximate surface area is 111 Å². The number of carbonyl (C=O) groups is 1. The minimum Gasteiger partial charge on any atom is -0.380 e. The van der Waals surface area contributed by atoms with Crippen LogP contribution in [0.3, 0.4) is 0 Å². The number of methoxy groups -OCH3 is 1. The van der Waals surface area contributed by atoms with Crippen LogP contribution in [0.5, 0.6) is 0 Å². The van der Waals surface area contributed by atoms with Crippen LogP contribution >= 0.6 is 0 Å². The molecule has 19 heavy (non-hydrogen) atoms. The average Bonchev–Trinajstić information content (AvgIpc) is 2.94. The Morgan fingerprint density at radius 2 is 2.16 bits per heavy atom. The van der Waals surface area contributed by atoms with Crippen molar-refractivity contribution in [1.29, 1.82) is 0 Å². The van der Waals surface area contributed by atoms with E-state index in [2.05, 4.69) is 20.5 Å². The summed E-state index contributed by atoms with van der Waals surface area (Å²) in [6.07, 6.45) is 1.41. The number of hydrogen-bond acceptors (Lipinski definition) is 4. The molecule has 2 N–H and O–H groups in total. The van der Waals surface area contributed by atoms with Gasteiger partial charge in [0.2, 0.25) is 0 Å². The van der Waals surface area contributed by atoms with Gasteiger partial charge in [0.05, 0.1) is 12.6 Å². The summed E-state index contributed by atoms with van der Waals surface area (Å²) in [7, 11) is 1.64. The molecule has 0 fully saturated rings. The molecular formula is C13H16N4O2. The third kappa shape index (κ3) is 3.38. The summed E-state index contributed by atoms with van der Waals surface area (Å²) in [5.74, 6) is 0.484. The molecule has 0 aliphatic heterocycles. The lowest BCUT2D eigenvalue weighted by Crippen LogP contribution is -2.27. The normalized spacial score (nSPS) is 12.1. The molecule has 0 saturated heterocycles. The molecule has 1 aromatic heterocycles. The first-order chi connectivity index (χ1) is 9.20. The van der Waals surface area contributed by atoms with E-state index in [0.29, 0.717) is 18.0 Å². The molecular weight excluding hydrogens is 244 g/mol. The Hall–Kier alpha value is -2.21. The maximum absolute atomic E-state index is 12.0. The number of aromatic nitrogens is 3. The Balaban J connectivity index is 1.99. The number of nitrogens with zero attached hydrogens (tertiary/aromatic N) is 2. The molecule has 1 atom stereocenters. The van der Waals surface area contributed by atoms with Crippen molar-refractivity contribution >= 4 is 5.91 Å². The third-order valence-corrected chi connectivity index (χ3v) is 2.72. The van der Waals surface area contributed by atoms with E-state index in [1.165, 1.54) is 6.33 Å². The van der Waals surface area contributed by atoms with Crippen molar-refractivity contribution in [2.24, 2.45) is 0 Å². The van der Waals surface area contributed by atoms with E-state index in [-0.39, 0.29) is 11.9 Å². The molecule has 1 amide bonds. The van der Waals surface area contributed by atoms with Crippen LogP contribution in [-0.4, -0.2) is 28.2 Å². The third-order valence-electron chi connectivity index (χ3n) is 2.72. The van der Waals surface area contributed by atoms with E-state index < -0.39 is 0 Å². The molecule has 6 nitrogen and oxygen atoms in total. The number of H-pyrrole nitrogens is 1. The lowest BCUT2D eigenvalue weighted by molar-refractivity contribution is 0.0938. The van der Waals surface area contributed by atoms with Crippen LogP contribution < -0.4 is 5.32 Å². The molecule has 1 unspecified atom stereocenters. The highest BCUT2D eigenvalue weighted by molar-refractivity contribution is 5.94. The molecule has 2 rings (SSSR count). The lowest BCUT2D eigenvalue weighted by Gasteiger charge is -2.11. The van der Waals surface area contributed by atoms with Crippen molar-refractivity contribution in [1.82, 2.24) is 20.5 Å². The molecule has 0 saturated carbocycles. The second-order valence-corrected chi connectivity index (χ2v) is 4.20. The van der Waals surface area contributed by atoms with Crippen molar-refractivity contribution in [3.8, 4) is 0 Å². The maximum Gasteiger partial charge on any atom is 0.251 e. The Kier molecular flexibility index (Phi) is 4.25. The fourth-order valence-electron chi connectivity index (χ4n) is 1.69. The first-order valence-electron chi connectivity index (χ1n) is 5.94. The predicted octanol–water partition coefficient (Wildman–Crippen LogP) is 1.44. The number of nitrogens with one attached hydrogen (secondary N) is 2. The highest BCUT2D eigenvalue weighted by Crippen LogP contribution is 2.09. The van der Waals surface area contributed by atoms with Crippen molar-refractivity contribution in [3.05, 3.63) is 47.5 Å². The molecule has 2 aromatic rings. The minimum atomic E-state index is -0.214. The second kappa shape index (κ2) is 6.10. The van der Waals surface area contributed by atoms with Crippen LogP contribution in [0.25, 0.3) is 0 Å². The molecule has 0 aliphatic carbocycles. The van der Waals surface area contributed by atoms with Gasteiger partial charge in [-0.1, -0.05) is 12.1 Å². The van der Waals surface area contributed by atoms with E-state index in [1.807, 2.05) is 19.1 Å². The van der Waals surface area contributed by atoms with Gasteiger partial charge < -0.3 is 10.1 Å². The van der Waals surface area contributed by atoms with Gasteiger partial charge in [-0.15, -0.1) is 0 Å². The fraction of sp³-hybridized carbons (Fsp3) is 0.308. The van der Waals surface area contributed by atoms with E-state index in [1.54, 1.807) is 19.2 Å². The Bertz CT molecular complexity index is 522. The van der Waals surface area contributed by atoms with Crippen LogP contribution in [0.1, 0.15) is 34.7 Å². The first kappa shape index (κ1) is 13.2. The zero-order chi connectivity index (χ0) is 13.7. The van der Waals surface area contributed by atoms with E-state index in [9.17, 15) is 4.79 Å². The zero-order valence-corrected chi connectivity index (χ0v) is 10.9. The molecule has 6 heteroatoms. The lowest BCUT2D eigenvalue weighted by atomic mass is 10.1. The SMILES string of the molecule is COCc1ccc(C(=O)NC(C)c2ncn[nH]2)cc1. The summed E-state index contributed by atoms with van der Waals surface area (Å²) < 4.78 is 5.02. The van der Waals surface area contributed by atoms with Gasteiger partial charge >= 0.3 is 0 Å². The van der Waals surface area contributed by atoms with Gasteiger partial charge in [-0.05, 0) is 24.6 Å². The van der Waals surface area contributed by atoms with Crippen LogP contribution in [0.2, 0.25) is 0 Å². The van der Waals surface area contributed by atoms with Crippen molar-refractivity contribution in [2.75, 3.05) is 7.11 Å². The Morgan fingerprint density at radius 3 is 2.74 bits per heavy atom. The Morgan fingerprint density at radius 1 is 1.42 bits per heavy atom. The number of carbonyl (C=O) groups excluding carboxylic acids is 1. The van der Waals surface area contributed by atoms with Crippen LogP contribution in [0, 0.1) is 0 Å². The predicted molar refractivity (Wildman–Crippen MR) is 69.4 cm³/mol. The van der Waals surface area contributed by atoms with Gasteiger partial charge in [0.15, 0.2) is 0 Å². The fourth-order valence-corrected chi connectivity index (χ4v) is 1.69. The van der Waals surface area contributed by atoms with Gasteiger partial charge in [0, 0.05) is 12.7 Å². The van der Waals surface area contributed by atoms with Crippen LogP contribution in [0.15, 0.2) is 30.6 Å². The summed E-state index contributed by atoms with van der Waals surface area (Å²) in [5, 5.41) is 9.33. The topological polar surface area (TPSA) is 79.9 Å². The number of aromatic amines is 1. The monoisotopic (exact) mass is 260 g/mol. The molecule has 1 heterocycles. The summed E-state index contributed by atoms with van der Waals surface area (Å²) >= 11 is 0. The van der Waals surface area contributed by atoms with Gasteiger partial charge in [-0.25, -0.2) is 4.98 Å². The average molecular weight is 260 g/mol. The van der Waals surface area contributed by atoms with Crippen molar-refractivity contribution in [3.63, 3.8) is 0 Å². The number of hydrogen-bond donors (Lipinski definition) is 2. The smallest absolute Gasteiger partial charge is 0.251 e. The summed E-state index contributed by atoms with van der Waals surface area (Å²) in [6, 6.07) is 7.08. The summed E-state index contributed by atoms with van der Waals surface area (Å²) in [4.78, 5) is 16.0. The highest BCUT2D eigenvalue weighted by Gasteiger charge is 2.13. The molecule has 1 aromatic carbocycles. The number of amides is 1. The van der Waals surface area contributed by atoms with Gasteiger partial charge in [-0.2, -0.15) is 5.10 Å². The second-order valence-electron chi connectivity index (χ2n) is 4.20. The van der Waals surface area contributed by atoms with Gasteiger partial charge in [0.25, 0.3) is 5.91 Å². The number of rotatable bonds is 5. The minimum absolute atomic E-state index is 0.145. The zero-order valence-electron chi connectivity index (χ0n) is 10.9. The largest absolute Gasteiger partial charge is 0.380 e. The molecule has 0 spiro atoms. The van der Waals surface area contributed by atoms with Crippen molar-refractivity contribution in [2.45, 2.75) is 19.6 Å². The van der Waals surface area contributed by atoms with Gasteiger partial charge in [-0.3, -0.25) is 9.89 Å². The number of ether oxygens (including phenoxy) is 1. The maximum atomic E-state index is 12.0. The van der Waals surface area contributed by atoms with E-state index in [4.69, 9.17) is 4.74 Å². The number of benzene rings is 1. The van der Waals surface area contributed by atoms with Gasteiger partial charge in [0.1, 0.15) is 12.2 Å². The van der Waals surface area contributed by atoms with Crippen molar-refractivity contribution < 1.29 is 9.53 Å². The van der Waals surface area contributed by atoms with E-state index in [0.717, 1.165) is 5.56 Å². The molecule has 0 aliphatic rings. The van der Waals surface area contributed by atoms with Crippen LogP contribution in [0.4, 0.5) is 0 Å². The standard InChI is InChI=1S/C13H16N4O2/c1-9(12-14-8-15-17-12)16-13(18)11-5-3-10(4-6-11)7-19-2/h3-6,8-9H,7H2,1-2H3,(H,16,18)(H,14,15,17). The van der Waals surface area contributed by atoms with E-state index >= 15 is 0 Å². The highest BCUT2D eigenvalue weighted by atomic mass is 16.5. The summed E-state index contributed by atoms with van der Waals surface area (Å²) in [5.41, 5.74) is 1.63. The quantitative estimate of drug-likeness (QED) is 0.852. The van der Waals surface area contributed by atoms with Crippen LogP contribution in [-0.2, 0) is 11.3 Å². The first-order valence-corrected chi connectivity index (χ1v) is 5.94. The summed E-state index contributed by atoms with van der Waals surface area (Å²) in [6.45, 7) is 2.38. The molecule has 0 bridgehead atoms.